The Balaban J connectivity index is 2.04. The Hall–Kier alpha value is -1.59. The number of amides is 2. The van der Waals surface area contributed by atoms with Crippen LogP contribution in [0.4, 0.5) is 4.79 Å². The molecule has 2 N–H and O–H groups in total. The van der Waals surface area contributed by atoms with Gasteiger partial charge in [0.2, 0.25) is 0 Å². The zero-order valence-electron chi connectivity index (χ0n) is 13.6. The van der Waals surface area contributed by atoms with Crippen LogP contribution < -0.4 is 5.32 Å². The number of aliphatic hydroxyl groups is 1. The standard InChI is InChI=1S/C17H26N2O3/c1-13-15(9-10-22-13)18-16(20)19(12-17(2,3)21)11-14-7-5-4-6-8-14/h4-8,13,15,21H,9-12H2,1-3H3,(H,18,20)/t13-,15+/m1/s1. The first-order valence-electron chi connectivity index (χ1n) is 7.78. The fourth-order valence-corrected chi connectivity index (χ4v) is 2.64. The van der Waals surface area contributed by atoms with E-state index >= 15 is 0 Å². The van der Waals surface area contributed by atoms with Crippen molar-refractivity contribution >= 4 is 6.03 Å². The molecular weight excluding hydrogens is 280 g/mol. The molecule has 1 aromatic carbocycles. The largest absolute Gasteiger partial charge is 0.389 e. The number of urea groups is 1. The molecule has 2 atom stereocenters. The summed E-state index contributed by atoms with van der Waals surface area (Å²) in [4.78, 5) is 14.2. The number of benzene rings is 1. The molecule has 1 fully saturated rings. The molecule has 0 aliphatic carbocycles. The van der Waals surface area contributed by atoms with Gasteiger partial charge in [-0.05, 0) is 32.8 Å². The van der Waals surface area contributed by atoms with Crippen molar-refractivity contribution < 1.29 is 14.6 Å². The van der Waals surface area contributed by atoms with E-state index in [0.717, 1.165) is 12.0 Å². The molecule has 0 bridgehead atoms. The predicted molar refractivity (Wildman–Crippen MR) is 85.5 cm³/mol. The van der Waals surface area contributed by atoms with E-state index in [9.17, 15) is 9.90 Å². The quantitative estimate of drug-likeness (QED) is 0.876. The Morgan fingerprint density at radius 3 is 2.64 bits per heavy atom. The van der Waals surface area contributed by atoms with E-state index in [-0.39, 0.29) is 24.7 Å². The maximum atomic E-state index is 12.6. The van der Waals surface area contributed by atoms with Gasteiger partial charge in [-0.15, -0.1) is 0 Å². The van der Waals surface area contributed by atoms with Gasteiger partial charge in [-0.25, -0.2) is 4.79 Å². The van der Waals surface area contributed by atoms with Gasteiger partial charge in [0.1, 0.15) is 0 Å². The summed E-state index contributed by atoms with van der Waals surface area (Å²) in [5.41, 5.74) is 0.0989. The first-order valence-corrected chi connectivity index (χ1v) is 7.78. The molecule has 0 aromatic heterocycles. The number of ether oxygens (including phenoxy) is 1. The maximum Gasteiger partial charge on any atom is 0.318 e. The topological polar surface area (TPSA) is 61.8 Å². The molecule has 0 spiro atoms. The second kappa shape index (κ2) is 7.11. The Labute approximate surface area is 132 Å². The molecule has 2 amide bonds. The molecule has 0 saturated carbocycles. The zero-order valence-corrected chi connectivity index (χ0v) is 13.6. The highest BCUT2D eigenvalue weighted by atomic mass is 16.5. The van der Waals surface area contributed by atoms with Crippen LogP contribution in [-0.4, -0.2) is 46.9 Å². The van der Waals surface area contributed by atoms with Gasteiger partial charge in [0.05, 0.1) is 24.3 Å². The van der Waals surface area contributed by atoms with Crippen molar-refractivity contribution in [3.8, 4) is 0 Å². The summed E-state index contributed by atoms with van der Waals surface area (Å²) in [7, 11) is 0. The molecule has 1 saturated heterocycles. The average molecular weight is 306 g/mol. The highest BCUT2D eigenvalue weighted by Crippen LogP contribution is 2.15. The number of nitrogens with one attached hydrogen (secondary N) is 1. The SMILES string of the molecule is C[C@H]1OCC[C@@H]1NC(=O)N(Cc1ccccc1)CC(C)(C)O. The monoisotopic (exact) mass is 306 g/mol. The van der Waals surface area contributed by atoms with Gasteiger partial charge in [0.25, 0.3) is 0 Å². The summed E-state index contributed by atoms with van der Waals surface area (Å²) in [6, 6.07) is 9.67. The van der Waals surface area contributed by atoms with E-state index in [1.165, 1.54) is 0 Å². The lowest BCUT2D eigenvalue weighted by Gasteiger charge is -2.31. The second-order valence-electron chi connectivity index (χ2n) is 6.57. The molecule has 0 unspecified atom stereocenters. The van der Waals surface area contributed by atoms with E-state index in [2.05, 4.69) is 5.32 Å². The van der Waals surface area contributed by atoms with Crippen LogP contribution in [0.15, 0.2) is 30.3 Å². The number of hydrogen-bond donors (Lipinski definition) is 2. The third-order valence-corrected chi connectivity index (χ3v) is 3.77. The summed E-state index contributed by atoms with van der Waals surface area (Å²) in [5.74, 6) is 0. The van der Waals surface area contributed by atoms with E-state index in [1.807, 2.05) is 37.3 Å². The Bertz CT molecular complexity index is 484. The fraction of sp³-hybridized carbons (Fsp3) is 0.588. The molecule has 122 valence electrons. The zero-order chi connectivity index (χ0) is 16.2. The van der Waals surface area contributed by atoms with Gasteiger partial charge in [0, 0.05) is 13.2 Å². The predicted octanol–water partition coefficient (Wildman–Crippen LogP) is 2.15. The minimum absolute atomic E-state index is 0.0321. The number of carbonyl (C=O) groups excluding carboxylic acids is 1. The molecule has 1 heterocycles. The van der Waals surface area contributed by atoms with E-state index in [1.54, 1.807) is 18.7 Å². The van der Waals surface area contributed by atoms with Crippen LogP contribution in [0.1, 0.15) is 32.8 Å². The first-order chi connectivity index (χ1) is 10.3. The van der Waals surface area contributed by atoms with Crippen molar-refractivity contribution in [3.05, 3.63) is 35.9 Å². The Kier molecular flexibility index (Phi) is 5.42. The van der Waals surface area contributed by atoms with Gasteiger partial charge in [-0.2, -0.15) is 0 Å². The molecule has 1 aromatic rings. The van der Waals surface area contributed by atoms with Crippen molar-refractivity contribution in [1.82, 2.24) is 10.2 Å². The number of hydrogen-bond acceptors (Lipinski definition) is 3. The summed E-state index contributed by atoms with van der Waals surface area (Å²) in [5, 5.41) is 13.1. The summed E-state index contributed by atoms with van der Waals surface area (Å²) in [6.45, 7) is 6.80. The third kappa shape index (κ3) is 5.00. The highest BCUT2D eigenvalue weighted by molar-refractivity contribution is 5.74. The van der Waals surface area contributed by atoms with Crippen molar-refractivity contribution in [2.24, 2.45) is 0 Å². The minimum atomic E-state index is -0.941. The van der Waals surface area contributed by atoms with Gasteiger partial charge >= 0.3 is 6.03 Å². The van der Waals surface area contributed by atoms with Gasteiger partial charge in [-0.3, -0.25) is 0 Å². The van der Waals surface area contributed by atoms with Crippen molar-refractivity contribution in [1.29, 1.82) is 0 Å². The normalized spacial score (nSPS) is 21.6. The first kappa shape index (κ1) is 16.8. The van der Waals surface area contributed by atoms with Gasteiger partial charge in [0.15, 0.2) is 0 Å². The van der Waals surface area contributed by atoms with E-state index in [0.29, 0.717) is 13.2 Å². The fourth-order valence-electron chi connectivity index (χ4n) is 2.64. The third-order valence-electron chi connectivity index (χ3n) is 3.77. The van der Waals surface area contributed by atoms with E-state index in [4.69, 9.17) is 4.74 Å². The average Bonchev–Trinajstić information content (AvgIpc) is 2.83. The van der Waals surface area contributed by atoms with Crippen LogP contribution in [-0.2, 0) is 11.3 Å². The summed E-state index contributed by atoms with van der Waals surface area (Å²) >= 11 is 0. The van der Waals surface area contributed by atoms with Crippen LogP contribution in [0, 0.1) is 0 Å². The van der Waals surface area contributed by atoms with Crippen molar-refractivity contribution in [2.45, 2.75) is 51.5 Å². The van der Waals surface area contributed by atoms with Crippen LogP contribution in [0.5, 0.6) is 0 Å². The maximum absolute atomic E-state index is 12.6. The van der Waals surface area contributed by atoms with Crippen LogP contribution in [0.2, 0.25) is 0 Å². The lowest BCUT2D eigenvalue weighted by atomic mass is 10.1. The second-order valence-corrected chi connectivity index (χ2v) is 6.57. The lowest BCUT2D eigenvalue weighted by molar-refractivity contribution is 0.0434. The Morgan fingerprint density at radius 2 is 2.09 bits per heavy atom. The number of nitrogens with zero attached hydrogens (tertiary/aromatic N) is 1. The number of carbonyl (C=O) groups is 1. The molecule has 5 heteroatoms. The number of rotatable bonds is 5. The molecular formula is C17H26N2O3. The van der Waals surface area contributed by atoms with Gasteiger partial charge in [-0.1, -0.05) is 30.3 Å². The van der Waals surface area contributed by atoms with Crippen LogP contribution in [0.25, 0.3) is 0 Å². The van der Waals surface area contributed by atoms with E-state index < -0.39 is 5.60 Å². The lowest BCUT2D eigenvalue weighted by Crippen LogP contribution is -2.50. The highest BCUT2D eigenvalue weighted by Gasteiger charge is 2.29. The van der Waals surface area contributed by atoms with Crippen molar-refractivity contribution in [2.75, 3.05) is 13.2 Å². The van der Waals surface area contributed by atoms with Gasteiger partial charge < -0.3 is 20.1 Å². The smallest absolute Gasteiger partial charge is 0.318 e. The molecule has 22 heavy (non-hydrogen) atoms. The Morgan fingerprint density at radius 1 is 1.41 bits per heavy atom. The molecule has 5 nitrogen and oxygen atoms in total. The molecule has 1 aliphatic heterocycles. The molecule has 1 aliphatic rings. The van der Waals surface area contributed by atoms with Crippen LogP contribution in [0.3, 0.4) is 0 Å². The summed E-state index contributed by atoms with van der Waals surface area (Å²) in [6.07, 6.45) is 0.860. The van der Waals surface area contributed by atoms with Crippen molar-refractivity contribution in [3.63, 3.8) is 0 Å². The van der Waals surface area contributed by atoms with Crippen LogP contribution >= 0.6 is 0 Å². The summed E-state index contributed by atoms with van der Waals surface area (Å²) < 4.78 is 5.48. The molecule has 2 rings (SSSR count). The minimum Gasteiger partial charge on any atom is -0.389 e. The molecule has 0 radical (unpaired) electrons.